The van der Waals surface area contributed by atoms with E-state index >= 15 is 0 Å². The van der Waals surface area contributed by atoms with Gasteiger partial charge in [0.15, 0.2) is 17.5 Å². The van der Waals surface area contributed by atoms with Crippen molar-refractivity contribution in [3.8, 4) is 68.2 Å². The van der Waals surface area contributed by atoms with Gasteiger partial charge in [-0.25, -0.2) is 15.0 Å². The Morgan fingerprint density at radius 2 is 0.862 bits per heavy atom. The zero-order valence-corrected chi connectivity index (χ0v) is 31.3. The van der Waals surface area contributed by atoms with Crippen molar-refractivity contribution < 1.29 is 0 Å². The van der Waals surface area contributed by atoms with E-state index in [4.69, 9.17) is 15.0 Å². The number of hydrogen-bond acceptors (Lipinski definition) is 4. The third-order valence-electron chi connectivity index (χ3n) is 11.4. The van der Waals surface area contributed by atoms with Crippen molar-refractivity contribution >= 4 is 21.8 Å². The Morgan fingerprint density at radius 3 is 1.38 bits per heavy atom. The molecular weight excluding hydrogens is 707 g/mol. The maximum atomic E-state index is 11.3. The molecule has 0 spiro atoms. The molecule has 0 amide bonds. The molecule has 0 radical (unpaired) electrons. The highest BCUT2D eigenvalue weighted by Crippen LogP contribution is 2.54. The number of hydrogen-bond donors (Lipinski definition) is 0. The Kier molecular flexibility index (Phi) is 7.87. The smallest absolute Gasteiger partial charge is 0.164 e. The summed E-state index contributed by atoms with van der Waals surface area (Å²) in [6.45, 7) is 0. The lowest BCUT2D eigenvalue weighted by Gasteiger charge is -2.27. The van der Waals surface area contributed by atoms with Gasteiger partial charge in [-0.15, -0.1) is 0 Å². The number of rotatable bonds is 6. The lowest BCUT2D eigenvalue weighted by atomic mass is 9.80. The molecule has 0 saturated carbocycles. The third-order valence-corrected chi connectivity index (χ3v) is 11.4. The van der Waals surface area contributed by atoms with E-state index < -0.39 is 0 Å². The van der Waals surface area contributed by atoms with Crippen molar-refractivity contribution in [2.24, 2.45) is 0 Å². The molecule has 0 atom stereocenters. The van der Waals surface area contributed by atoms with E-state index in [1.54, 1.807) is 0 Å². The molecule has 0 N–H and O–H groups in total. The number of para-hydroxylation sites is 2. The van der Waals surface area contributed by atoms with Gasteiger partial charge in [0.25, 0.3) is 0 Å². The predicted octanol–water partition coefficient (Wildman–Crippen LogP) is 12.7. The molecule has 0 saturated heterocycles. The summed E-state index contributed by atoms with van der Waals surface area (Å²) in [7, 11) is 0. The fourth-order valence-electron chi connectivity index (χ4n) is 8.94. The van der Waals surface area contributed by atoms with Crippen molar-refractivity contribution in [3.63, 3.8) is 0 Å². The van der Waals surface area contributed by atoms with Crippen LogP contribution in [-0.2, 0) is 0 Å². The topological polar surface area (TPSA) is 67.4 Å². The van der Waals surface area contributed by atoms with E-state index in [1.807, 2.05) is 84.9 Å². The summed E-state index contributed by atoms with van der Waals surface area (Å²) in [6, 6.07) is 69.7. The molecule has 2 heterocycles. The van der Waals surface area contributed by atoms with Gasteiger partial charge in [-0.1, -0.05) is 176 Å². The zero-order chi connectivity index (χ0) is 38.6. The van der Waals surface area contributed by atoms with E-state index in [0.29, 0.717) is 23.0 Å². The minimum Gasteiger partial charge on any atom is -0.308 e. The third kappa shape index (κ3) is 5.27. The number of fused-ring (bicyclic) bond motifs is 6. The summed E-state index contributed by atoms with van der Waals surface area (Å²) in [5, 5.41) is 13.6. The highest BCUT2D eigenvalue weighted by molar-refractivity contribution is 6.10. The van der Waals surface area contributed by atoms with Crippen LogP contribution in [0.25, 0.3) is 83.9 Å². The minimum atomic E-state index is -0.232. The number of aromatic nitrogens is 4. The van der Waals surface area contributed by atoms with E-state index in [0.717, 1.165) is 60.9 Å². The molecule has 58 heavy (non-hydrogen) atoms. The average Bonchev–Trinajstić information content (AvgIpc) is 3.82. The molecule has 2 aromatic heterocycles. The molecule has 0 fully saturated rings. The number of nitriles is 1. The number of nitrogens with zero attached hydrogens (tertiary/aromatic N) is 5. The van der Waals surface area contributed by atoms with Crippen LogP contribution in [-0.4, -0.2) is 19.5 Å². The van der Waals surface area contributed by atoms with Gasteiger partial charge in [0, 0.05) is 38.9 Å². The van der Waals surface area contributed by atoms with E-state index in [9.17, 15) is 5.26 Å². The second-order valence-corrected chi connectivity index (χ2v) is 14.6. The monoisotopic (exact) mass is 739 g/mol. The highest BCUT2D eigenvalue weighted by Gasteiger charge is 2.37. The normalized spacial score (nSPS) is 12.1. The van der Waals surface area contributed by atoms with Gasteiger partial charge in [-0.3, -0.25) is 0 Å². The van der Waals surface area contributed by atoms with E-state index in [2.05, 4.69) is 120 Å². The lowest BCUT2D eigenvalue weighted by Crippen LogP contribution is -2.13. The van der Waals surface area contributed by atoms with Crippen LogP contribution in [0.4, 0.5) is 0 Å². The van der Waals surface area contributed by atoms with Gasteiger partial charge in [-0.05, 0) is 51.6 Å². The SMILES string of the molecule is N#Cc1cc(-c2nc(-c3ccccc3)nc(-c3ccccc3)n2)c(C2c3ccccc3-c3ccccc32)c(-n2c3ccccc3c3ccccc32)c1-c1ccccc1. The largest absolute Gasteiger partial charge is 0.308 e. The van der Waals surface area contributed by atoms with E-state index in [-0.39, 0.29) is 5.92 Å². The molecule has 0 bridgehead atoms. The standard InChI is InChI=1S/C53H33N5/c54-33-37-32-44(53-56-51(35-20-6-2-7-21-35)55-52(57-53)36-22-8-3-9-23-36)49(48-42-28-12-10-24-38(42)39-25-11-13-29-43(39)48)50(47(37)34-18-4-1-5-19-34)58-45-30-16-14-26-40(45)41-27-15-17-31-46(41)58/h1-32,48H. The second-order valence-electron chi connectivity index (χ2n) is 14.6. The van der Waals surface area contributed by atoms with Crippen molar-refractivity contribution in [2.45, 2.75) is 5.92 Å². The first kappa shape index (κ1) is 33.4. The second kappa shape index (κ2) is 13.7. The minimum absolute atomic E-state index is 0.232. The van der Waals surface area contributed by atoms with E-state index in [1.165, 1.54) is 22.3 Å². The molecule has 1 aliphatic rings. The molecule has 5 heteroatoms. The van der Waals surface area contributed by atoms with Crippen LogP contribution in [0.3, 0.4) is 0 Å². The van der Waals surface area contributed by atoms with Crippen LogP contribution in [0.5, 0.6) is 0 Å². The quantitative estimate of drug-likeness (QED) is 0.170. The molecule has 5 nitrogen and oxygen atoms in total. The number of benzene rings is 8. The van der Waals surface area contributed by atoms with Crippen molar-refractivity contribution in [1.82, 2.24) is 19.5 Å². The Balaban J connectivity index is 1.37. The first-order chi connectivity index (χ1) is 28.8. The van der Waals surface area contributed by atoms with Crippen LogP contribution in [0.15, 0.2) is 194 Å². The van der Waals surface area contributed by atoms with Crippen molar-refractivity contribution in [3.05, 3.63) is 216 Å². The Labute approximate surface area is 335 Å². The van der Waals surface area contributed by atoms with Gasteiger partial charge in [0.2, 0.25) is 0 Å². The van der Waals surface area contributed by atoms with Crippen LogP contribution in [0, 0.1) is 11.3 Å². The summed E-state index contributed by atoms with van der Waals surface area (Å²) in [5.41, 5.74) is 13.7. The molecule has 10 aromatic rings. The summed E-state index contributed by atoms with van der Waals surface area (Å²) in [4.78, 5) is 15.7. The predicted molar refractivity (Wildman–Crippen MR) is 233 cm³/mol. The fraction of sp³-hybridized carbons (Fsp3) is 0.0189. The average molecular weight is 740 g/mol. The van der Waals surface area contributed by atoms with Crippen LogP contribution < -0.4 is 0 Å². The highest BCUT2D eigenvalue weighted by atomic mass is 15.0. The van der Waals surface area contributed by atoms with Crippen LogP contribution >= 0.6 is 0 Å². The van der Waals surface area contributed by atoms with Gasteiger partial charge in [-0.2, -0.15) is 5.26 Å². The Morgan fingerprint density at radius 1 is 0.431 bits per heavy atom. The molecule has 270 valence electrons. The molecule has 0 aliphatic heterocycles. The summed E-state index contributed by atoms with van der Waals surface area (Å²) < 4.78 is 2.38. The molecule has 8 aromatic carbocycles. The Hall–Kier alpha value is -7.94. The summed E-state index contributed by atoms with van der Waals surface area (Å²) in [5.74, 6) is 1.39. The van der Waals surface area contributed by atoms with Crippen molar-refractivity contribution in [1.29, 1.82) is 5.26 Å². The van der Waals surface area contributed by atoms with Gasteiger partial charge in [0.05, 0.1) is 28.4 Å². The van der Waals surface area contributed by atoms with Crippen LogP contribution in [0.2, 0.25) is 0 Å². The molecular formula is C53H33N5. The zero-order valence-electron chi connectivity index (χ0n) is 31.3. The molecule has 0 unspecified atom stereocenters. The first-order valence-corrected chi connectivity index (χ1v) is 19.5. The molecule has 11 rings (SSSR count). The maximum Gasteiger partial charge on any atom is 0.164 e. The maximum absolute atomic E-state index is 11.3. The first-order valence-electron chi connectivity index (χ1n) is 19.5. The summed E-state index contributed by atoms with van der Waals surface area (Å²) in [6.07, 6.45) is 0. The van der Waals surface area contributed by atoms with Gasteiger partial charge < -0.3 is 4.57 Å². The Bertz CT molecular complexity index is 3080. The van der Waals surface area contributed by atoms with Gasteiger partial charge >= 0.3 is 0 Å². The molecule has 1 aliphatic carbocycles. The summed E-state index contributed by atoms with van der Waals surface area (Å²) >= 11 is 0. The fourth-order valence-corrected chi connectivity index (χ4v) is 8.94. The van der Waals surface area contributed by atoms with Crippen molar-refractivity contribution in [2.75, 3.05) is 0 Å². The van der Waals surface area contributed by atoms with Crippen LogP contribution in [0.1, 0.15) is 28.2 Å². The lowest BCUT2D eigenvalue weighted by molar-refractivity contribution is 0.974. The van der Waals surface area contributed by atoms with Gasteiger partial charge in [0.1, 0.15) is 0 Å².